The number of fused-ring (bicyclic) bond motifs is 1. The minimum Gasteiger partial charge on any atom is -0.534 e. The van der Waals surface area contributed by atoms with Gasteiger partial charge in [-0.1, -0.05) is 72.9 Å². The van der Waals surface area contributed by atoms with E-state index in [0.717, 1.165) is 47.0 Å². The van der Waals surface area contributed by atoms with Gasteiger partial charge in [0, 0.05) is 18.7 Å². The van der Waals surface area contributed by atoms with Crippen LogP contribution in [0.5, 0.6) is 5.75 Å². The minimum absolute atomic E-state index is 0. The summed E-state index contributed by atoms with van der Waals surface area (Å²) >= 11 is 0. The summed E-state index contributed by atoms with van der Waals surface area (Å²) in [5.74, 6) is 1.29. The Labute approximate surface area is 207 Å². The van der Waals surface area contributed by atoms with E-state index in [1.807, 2.05) is 60.6 Å². The summed E-state index contributed by atoms with van der Waals surface area (Å²) in [5, 5.41) is 13.9. The van der Waals surface area contributed by atoms with Crippen molar-refractivity contribution in [2.75, 3.05) is 14.1 Å². The zero-order valence-corrected chi connectivity index (χ0v) is 23.0. The smallest absolute Gasteiger partial charge is 0.534 e. The third-order valence-corrected chi connectivity index (χ3v) is 6.05. The van der Waals surface area contributed by atoms with Gasteiger partial charge in [-0.15, -0.1) is 0 Å². The molecule has 0 amide bonds. The second kappa shape index (κ2) is 16.8. The monoisotopic (exact) mass is 460 g/mol. The zero-order valence-electron chi connectivity index (χ0n) is 23.0. The number of hydrogen-bond acceptors (Lipinski definition) is 4. The van der Waals surface area contributed by atoms with E-state index >= 15 is 0 Å². The largest absolute Gasteiger partial charge is 0.546 e. The molecular formula is C28H53BN2O2. The van der Waals surface area contributed by atoms with Crippen LogP contribution < -0.4 is 9.97 Å². The summed E-state index contributed by atoms with van der Waals surface area (Å²) in [6.07, 6.45) is 6.72. The molecule has 0 radical (unpaired) electrons. The Morgan fingerprint density at radius 1 is 1.09 bits per heavy atom. The molecule has 1 fully saturated rings. The van der Waals surface area contributed by atoms with Crippen LogP contribution in [0.4, 0.5) is 0 Å². The maximum atomic E-state index is 10.5. The van der Waals surface area contributed by atoms with Crippen LogP contribution in [0, 0.1) is 5.92 Å². The Morgan fingerprint density at radius 3 is 2.18 bits per heavy atom. The number of para-hydroxylation sites is 1. The Balaban J connectivity index is 0. The summed E-state index contributed by atoms with van der Waals surface area (Å²) in [4.78, 5) is 2.34. The first kappa shape index (κ1) is 31.3. The summed E-state index contributed by atoms with van der Waals surface area (Å²) in [6.45, 7) is 22.2. The summed E-state index contributed by atoms with van der Waals surface area (Å²) in [5.41, 5.74) is 4.04. The molecule has 0 bridgehead atoms. The van der Waals surface area contributed by atoms with Crippen LogP contribution in [0.25, 0.3) is 5.57 Å². The van der Waals surface area contributed by atoms with Crippen molar-refractivity contribution in [3.63, 3.8) is 0 Å². The third-order valence-electron chi connectivity index (χ3n) is 6.05. The van der Waals surface area contributed by atoms with Gasteiger partial charge in [0.05, 0.1) is 5.94 Å². The van der Waals surface area contributed by atoms with Crippen molar-refractivity contribution in [1.29, 1.82) is 0 Å². The van der Waals surface area contributed by atoms with Crippen LogP contribution >= 0.6 is 0 Å². The minimum atomic E-state index is -0.876. The molecule has 1 aromatic carbocycles. The van der Waals surface area contributed by atoms with Gasteiger partial charge >= 0.3 is 7.12 Å². The van der Waals surface area contributed by atoms with Crippen LogP contribution in [0.2, 0.25) is 0 Å². The van der Waals surface area contributed by atoms with Crippen LogP contribution in [0.15, 0.2) is 37.1 Å². The SMILES string of the molecule is C=C(CC1CCC(N(C)C)CC1)N[C@H]1Cc2cccc(C(=C)C)c2OB1O.CC.CC.CC.[HH]. The summed E-state index contributed by atoms with van der Waals surface area (Å²) < 4.78 is 5.85. The van der Waals surface area contributed by atoms with Crippen molar-refractivity contribution in [3.8, 4) is 5.75 Å². The Kier molecular flexibility index (Phi) is 16.0. The van der Waals surface area contributed by atoms with Crippen molar-refractivity contribution in [3.05, 3.63) is 48.2 Å². The van der Waals surface area contributed by atoms with Gasteiger partial charge in [0.15, 0.2) is 0 Å². The lowest BCUT2D eigenvalue weighted by Crippen LogP contribution is -2.51. The molecule has 1 aromatic rings. The predicted octanol–water partition coefficient (Wildman–Crippen LogP) is 6.98. The second-order valence-corrected chi connectivity index (χ2v) is 8.48. The maximum Gasteiger partial charge on any atom is 0.546 e. The average molecular weight is 461 g/mol. The topological polar surface area (TPSA) is 44.7 Å². The normalized spacial score (nSPS) is 20.9. The molecule has 0 spiro atoms. The molecule has 1 saturated carbocycles. The second-order valence-electron chi connectivity index (χ2n) is 8.48. The van der Waals surface area contributed by atoms with Gasteiger partial charge in [0.2, 0.25) is 0 Å². The Morgan fingerprint density at radius 2 is 1.67 bits per heavy atom. The highest BCUT2D eigenvalue weighted by atomic mass is 16.5. The number of nitrogens with zero attached hydrogens (tertiary/aromatic N) is 1. The molecule has 2 N–H and O–H groups in total. The van der Waals surface area contributed by atoms with Crippen molar-refractivity contribution in [2.24, 2.45) is 5.92 Å². The first-order valence-corrected chi connectivity index (χ1v) is 13.1. The maximum absolute atomic E-state index is 10.5. The summed E-state index contributed by atoms with van der Waals surface area (Å²) in [7, 11) is 3.47. The fraction of sp³-hybridized carbons (Fsp3) is 0.643. The van der Waals surface area contributed by atoms with E-state index in [4.69, 9.17) is 4.65 Å². The molecule has 4 nitrogen and oxygen atoms in total. The molecule has 5 heteroatoms. The van der Waals surface area contributed by atoms with E-state index in [0.29, 0.717) is 5.92 Å². The van der Waals surface area contributed by atoms with E-state index < -0.39 is 7.12 Å². The van der Waals surface area contributed by atoms with Gasteiger partial charge in [-0.05, 0) is 76.6 Å². The summed E-state index contributed by atoms with van der Waals surface area (Å²) in [6, 6.07) is 6.80. The molecule has 0 unspecified atom stereocenters. The molecule has 1 heterocycles. The number of hydrogen-bond donors (Lipinski definition) is 2. The first-order chi connectivity index (χ1) is 15.8. The lowest BCUT2D eigenvalue weighted by atomic mass is 9.71. The zero-order chi connectivity index (χ0) is 25.6. The fourth-order valence-electron chi connectivity index (χ4n) is 4.42. The number of allylic oxidation sites excluding steroid dienone is 2. The van der Waals surface area contributed by atoms with E-state index in [1.165, 1.54) is 25.7 Å². The number of rotatable bonds is 6. The highest BCUT2D eigenvalue weighted by Gasteiger charge is 2.36. The number of nitrogens with one attached hydrogen (secondary N) is 1. The Hall–Kier alpha value is -1.72. The Bertz CT molecular complexity index is 704. The van der Waals surface area contributed by atoms with E-state index in [1.54, 1.807) is 0 Å². The first-order valence-electron chi connectivity index (χ1n) is 13.1. The van der Waals surface area contributed by atoms with Crippen molar-refractivity contribution < 1.29 is 11.1 Å². The number of benzene rings is 1. The van der Waals surface area contributed by atoms with Crippen molar-refractivity contribution >= 4 is 12.7 Å². The molecule has 1 atom stereocenters. The molecule has 0 saturated heterocycles. The third kappa shape index (κ3) is 9.58. The molecule has 2 aliphatic rings. The lowest BCUT2D eigenvalue weighted by Gasteiger charge is -2.34. The molecule has 0 aromatic heterocycles. The van der Waals surface area contributed by atoms with Gasteiger partial charge < -0.3 is 19.9 Å². The highest BCUT2D eigenvalue weighted by molar-refractivity contribution is 6.46. The predicted molar refractivity (Wildman–Crippen MR) is 150 cm³/mol. The molecular weight excluding hydrogens is 407 g/mol. The quantitative estimate of drug-likeness (QED) is 0.450. The molecule has 1 aliphatic heterocycles. The fourth-order valence-corrected chi connectivity index (χ4v) is 4.42. The van der Waals surface area contributed by atoms with Gasteiger partial charge in [0.25, 0.3) is 0 Å². The van der Waals surface area contributed by atoms with E-state index in [-0.39, 0.29) is 7.37 Å². The van der Waals surface area contributed by atoms with Crippen LogP contribution in [0.1, 0.15) is 93.1 Å². The highest BCUT2D eigenvalue weighted by Crippen LogP contribution is 2.34. The van der Waals surface area contributed by atoms with Crippen LogP contribution in [-0.2, 0) is 6.42 Å². The average Bonchev–Trinajstić information content (AvgIpc) is 2.83. The van der Waals surface area contributed by atoms with Gasteiger partial charge in [-0.3, -0.25) is 0 Å². The van der Waals surface area contributed by atoms with Crippen LogP contribution in [-0.4, -0.2) is 43.1 Å². The van der Waals surface area contributed by atoms with E-state index in [2.05, 4.69) is 43.5 Å². The van der Waals surface area contributed by atoms with Gasteiger partial charge in [-0.2, -0.15) is 0 Å². The van der Waals surface area contributed by atoms with Crippen molar-refractivity contribution in [1.82, 2.24) is 10.2 Å². The van der Waals surface area contributed by atoms with Crippen LogP contribution in [0.3, 0.4) is 0 Å². The van der Waals surface area contributed by atoms with Gasteiger partial charge in [0.1, 0.15) is 5.75 Å². The van der Waals surface area contributed by atoms with Crippen molar-refractivity contribution in [2.45, 2.75) is 99.0 Å². The van der Waals surface area contributed by atoms with Gasteiger partial charge in [-0.25, -0.2) is 0 Å². The molecule has 3 rings (SSSR count). The molecule has 33 heavy (non-hydrogen) atoms. The lowest BCUT2D eigenvalue weighted by molar-refractivity contribution is 0.192. The standard InChI is InChI=1S/C22H33BN2O2.3C2H6.H2/c1-15(2)20-8-6-7-18-14-21(23(26)27-22(18)20)24-16(3)13-17-9-11-19(12-10-17)25(4)5;3*1-2;/h6-8,17,19,21,24,26H,1,3,9-14H2,2,4-5H3;3*1-2H3;1H/t17?,19?,21-;;;;/m0..../s1. The van der Waals surface area contributed by atoms with E-state index in [9.17, 15) is 5.02 Å². The molecule has 1 aliphatic carbocycles. The molecule has 190 valence electrons.